The van der Waals surface area contributed by atoms with Gasteiger partial charge in [-0.15, -0.1) is 0 Å². The monoisotopic (exact) mass is 478 g/mol. The molecule has 0 saturated carbocycles. The molecular formula is C24H19ClN4O5. The van der Waals surface area contributed by atoms with E-state index in [9.17, 15) is 14.9 Å². The number of nitrogens with one attached hydrogen (secondary N) is 1. The SMILES string of the molecule is Cc1cc(Cl)ccc1Oc1cc(NC(=O)c2ccn(COc3ccccc3)n2)cc([N+](=O)[O-])c1. The van der Waals surface area contributed by atoms with Crippen molar-refractivity contribution in [2.24, 2.45) is 0 Å². The summed E-state index contributed by atoms with van der Waals surface area (Å²) in [5.41, 5.74) is 0.837. The van der Waals surface area contributed by atoms with Crippen LogP contribution >= 0.6 is 11.6 Å². The maximum absolute atomic E-state index is 12.7. The minimum absolute atomic E-state index is 0.118. The van der Waals surface area contributed by atoms with Crippen LogP contribution in [-0.4, -0.2) is 20.6 Å². The van der Waals surface area contributed by atoms with Crippen molar-refractivity contribution >= 4 is 28.9 Å². The first-order valence-electron chi connectivity index (χ1n) is 10.1. The molecule has 0 aliphatic rings. The Balaban J connectivity index is 1.48. The van der Waals surface area contributed by atoms with Crippen molar-refractivity contribution in [2.45, 2.75) is 13.7 Å². The number of para-hydroxylation sites is 1. The summed E-state index contributed by atoms with van der Waals surface area (Å²) in [5.74, 6) is 0.813. The number of carbonyl (C=O) groups is 1. The molecular weight excluding hydrogens is 460 g/mol. The zero-order chi connectivity index (χ0) is 24.1. The second-order valence-electron chi connectivity index (χ2n) is 7.27. The maximum Gasteiger partial charge on any atom is 0.276 e. The van der Waals surface area contributed by atoms with E-state index in [1.54, 1.807) is 31.3 Å². The van der Waals surface area contributed by atoms with E-state index < -0.39 is 10.8 Å². The molecule has 4 rings (SSSR count). The molecule has 10 heteroatoms. The largest absolute Gasteiger partial charge is 0.471 e. The molecule has 0 unspecified atom stereocenters. The zero-order valence-corrected chi connectivity index (χ0v) is 18.7. The van der Waals surface area contributed by atoms with Crippen LogP contribution < -0.4 is 14.8 Å². The molecule has 172 valence electrons. The Morgan fingerprint density at radius 1 is 1.09 bits per heavy atom. The second-order valence-corrected chi connectivity index (χ2v) is 7.70. The lowest BCUT2D eigenvalue weighted by molar-refractivity contribution is -0.384. The quantitative estimate of drug-likeness (QED) is 0.252. The van der Waals surface area contributed by atoms with Crippen LogP contribution in [0.1, 0.15) is 16.1 Å². The first kappa shape index (κ1) is 22.8. The van der Waals surface area contributed by atoms with Crippen molar-refractivity contribution in [3.63, 3.8) is 0 Å². The Morgan fingerprint density at radius 3 is 2.62 bits per heavy atom. The number of nitro benzene ring substituents is 1. The molecule has 0 aliphatic heterocycles. The van der Waals surface area contributed by atoms with Gasteiger partial charge in [0.25, 0.3) is 11.6 Å². The Hall–Kier alpha value is -4.37. The number of rotatable bonds is 8. The lowest BCUT2D eigenvalue weighted by atomic mass is 10.2. The first-order chi connectivity index (χ1) is 16.4. The van der Waals surface area contributed by atoms with Gasteiger partial charge in [-0.3, -0.25) is 14.9 Å². The van der Waals surface area contributed by atoms with E-state index in [1.807, 2.05) is 30.3 Å². The summed E-state index contributed by atoms with van der Waals surface area (Å²) in [4.78, 5) is 23.5. The topological polar surface area (TPSA) is 109 Å². The molecule has 3 aromatic carbocycles. The predicted molar refractivity (Wildman–Crippen MR) is 127 cm³/mol. The molecule has 9 nitrogen and oxygen atoms in total. The number of non-ortho nitro benzene ring substituents is 1. The number of hydrogen-bond donors (Lipinski definition) is 1. The molecule has 0 bridgehead atoms. The number of ether oxygens (including phenoxy) is 2. The van der Waals surface area contributed by atoms with Gasteiger partial charge in [0, 0.05) is 23.4 Å². The summed E-state index contributed by atoms with van der Waals surface area (Å²) in [7, 11) is 0. The molecule has 0 radical (unpaired) electrons. The lowest BCUT2D eigenvalue weighted by Gasteiger charge is -2.11. The number of hydrogen-bond acceptors (Lipinski definition) is 6. The molecule has 34 heavy (non-hydrogen) atoms. The van der Waals surface area contributed by atoms with Crippen LogP contribution in [-0.2, 0) is 6.73 Å². The summed E-state index contributed by atoms with van der Waals surface area (Å²) in [6, 6.07) is 19.8. The van der Waals surface area contributed by atoms with Crippen LogP contribution in [0.15, 0.2) is 79.0 Å². The van der Waals surface area contributed by atoms with Gasteiger partial charge < -0.3 is 14.8 Å². The summed E-state index contributed by atoms with van der Waals surface area (Å²) in [6.45, 7) is 1.92. The number of carbonyl (C=O) groups excluding carboxylic acids is 1. The summed E-state index contributed by atoms with van der Waals surface area (Å²) < 4.78 is 12.9. The average Bonchev–Trinajstić information content (AvgIpc) is 3.29. The summed E-state index contributed by atoms with van der Waals surface area (Å²) in [6.07, 6.45) is 1.60. The Morgan fingerprint density at radius 2 is 1.88 bits per heavy atom. The predicted octanol–water partition coefficient (Wildman–Crippen LogP) is 5.83. The molecule has 0 fully saturated rings. The second kappa shape index (κ2) is 10.1. The van der Waals surface area contributed by atoms with Crippen LogP contribution in [0.2, 0.25) is 5.02 Å². The number of nitrogens with zero attached hydrogens (tertiary/aromatic N) is 3. The van der Waals surface area contributed by atoms with Crippen molar-refractivity contribution in [3.05, 3.63) is 105 Å². The molecule has 0 atom stereocenters. The molecule has 1 N–H and O–H groups in total. The van der Waals surface area contributed by atoms with E-state index in [4.69, 9.17) is 21.1 Å². The molecule has 1 heterocycles. The Bertz CT molecular complexity index is 1340. The van der Waals surface area contributed by atoms with Gasteiger partial charge in [-0.05, 0) is 48.9 Å². The van der Waals surface area contributed by atoms with E-state index >= 15 is 0 Å². The highest BCUT2D eigenvalue weighted by atomic mass is 35.5. The fraction of sp³-hybridized carbons (Fsp3) is 0.0833. The van der Waals surface area contributed by atoms with Gasteiger partial charge in [0.05, 0.1) is 16.7 Å². The van der Waals surface area contributed by atoms with Crippen LogP contribution in [0.5, 0.6) is 17.2 Å². The number of aryl methyl sites for hydroxylation is 1. The lowest BCUT2D eigenvalue weighted by Crippen LogP contribution is -2.14. The number of benzene rings is 3. The molecule has 0 saturated heterocycles. The van der Waals surface area contributed by atoms with Gasteiger partial charge >= 0.3 is 0 Å². The average molecular weight is 479 g/mol. The van der Waals surface area contributed by atoms with Gasteiger partial charge in [-0.2, -0.15) is 5.10 Å². The van der Waals surface area contributed by atoms with E-state index in [-0.39, 0.29) is 29.5 Å². The van der Waals surface area contributed by atoms with Crippen molar-refractivity contribution < 1.29 is 19.2 Å². The summed E-state index contributed by atoms with van der Waals surface area (Å²) in [5, 5.41) is 18.8. The normalized spacial score (nSPS) is 10.5. The molecule has 1 amide bonds. The highest BCUT2D eigenvalue weighted by Crippen LogP contribution is 2.32. The molecule has 4 aromatic rings. The standard InChI is InChI=1S/C24H19ClN4O5/c1-16-11-17(25)7-8-23(16)34-21-13-18(12-19(14-21)29(31)32)26-24(30)22-9-10-28(27-22)15-33-20-5-3-2-4-6-20/h2-14H,15H2,1H3,(H,26,30). The van der Waals surface area contributed by atoms with Crippen molar-refractivity contribution in [1.29, 1.82) is 0 Å². The van der Waals surface area contributed by atoms with Gasteiger partial charge in [-0.1, -0.05) is 29.8 Å². The highest BCUT2D eigenvalue weighted by Gasteiger charge is 2.16. The van der Waals surface area contributed by atoms with Gasteiger partial charge in [0.1, 0.15) is 17.2 Å². The van der Waals surface area contributed by atoms with Crippen LogP contribution in [0.3, 0.4) is 0 Å². The first-order valence-corrected chi connectivity index (χ1v) is 10.5. The summed E-state index contributed by atoms with van der Waals surface area (Å²) >= 11 is 5.97. The number of halogens is 1. The fourth-order valence-corrected chi connectivity index (χ4v) is 3.31. The van der Waals surface area contributed by atoms with Crippen LogP contribution in [0.4, 0.5) is 11.4 Å². The Kier molecular flexibility index (Phi) is 6.74. The number of anilines is 1. The highest BCUT2D eigenvalue weighted by molar-refractivity contribution is 6.30. The van der Waals surface area contributed by atoms with Gasteiger partial charge in [0.2, 0.25) is 0 Å². The van der Waals surface area contributed by atoms with E-state index in [0.29, 0.717) is 16.5 Å². The third kappa shape index (κ3) is 5.70. The molecule has 1 aromatic heterocycles. The smallest absolute Gasteiger partial charge is 0.276 e. The van der Waals surface area contributed by atoms with Crippen LogP contribution in [0.25, 0.3) is 0 Å². The third-order valence-electron chi connectivity index (χ3n) is 4.70. The minimum Gasteiger partial charge on any atom is -0.471 e. The number of amides is 1. The molecule has 0 aliphatic carbocycles. The number of nitro groups is 1. The third-order valence-corrected chi connectivity index (χ3v) is 4.94. The zero-order valence-electron chi connectivity index (χ0n) is 18.0. The number of aromatic nitrogens is 2. The van der Waals surface area contributed by atoms with Crippen molar-refractivity contribution in [1.82, 2.24) is 9.78 Å². The van der Waals surface area contributed by atoms with Gasteiger partial charge in [-0.25, -0.2) is 4.68 Å². The Labute approximate surface area is 199 Å². The van der Waals surface area contributed by atoms with E-state index in [0.717, 1.165) is 5.56 Å². The minimum atomic E-state index is -0.563. The van der Waals surface area contributed by atoms with Crippen LogP contribution in [0, 0.1) is 17.0 Å². The van der Waals surface area contributed by atoms with Crippen molar-refractivity contribution in [2.75, 3.05) is 5.32 Å². The molecule has 0 spiro atoms. The van der Waals surface area contributed by atoms with E-state index in [1.165, 1.54) is 28.9 Å². The van der Waals surface area contributed by atoms with Gasteiger partial charge in [0.15, 0.2) is 12.4 Å². The fourth-order valence-electron chi connectivity index (χ4n) is 3.08. The maximum atomic E-state index is 12.7. The van der Waals surface area contributed by atoms with Crippen molar-refractivity contribution in [3.8, 4) is 17.2 Å². The van der Waals surface area contributed by atoms with E-state index in [2.05, 4.69) is 10.4 Å².